The average Bonchev–Trinajstić information content (AvgIpc) is 1.99. The van der Waals surface area contributed by atoms with Crippen LogP contribution in [0.3, 0.4) is 0 Å². The Labute approximate surface area is 68.0 Å². The molecule has 0 aliphatic heterocycles. The van der Waals surface area contributed by atoms with E-state index in [2.05, 4.69) is 0 Å². The minimum absolute atomic E-state index is 0.00478. The van der Waals surface area contributed by atoms with Crippen molar-refractivity contribution < 1.29 is 14.9 Å². The summed E-state index contributed by atoms with van der Waals surface area (Å²) in [5.74, 6) is 0.209. The zero-order chi connectivity index (χ0) is 8.85. The normalized spacial score (nSPS) is 16.9. The molecule has 2 atom stereocenters. The predicted octanol–water partition coefficient (Wildman–Crippen LogP) is 0.401. The lowest BCUT2D eigenvalue weighted by Crippen LogP contribution is -2.25. The Morgan fingerprint density at radius 1 is 1.27 bits per heavy atom. The van der Waals surface area contributed by atoms with Crippen molar-refractivity contribution in [1.82, 2.24) is 0 Å². The Morgan fingerprint density at radius 2 is 1.82 bits per heavy atom. The molecule has 2 N–H and O–H groups in total. The van der Waals surface area contributed by atoms with Crippen LogP contribution in [0.25, 0.3) is 0 Å². The molecule has 0 aromatic carbocycles. The van der Waals surface area contributed by atoms with E-state index in [-0.39, 0.29) is 18.6 Å². The van der Waals surface area contributed by atoms with Crippen LogP contribution < -0.4 is 0 Å². The molecule has 0 aromatic rings. The molecule has 3 nitrogen and oxygen atoms in total. The van der Waals surface area contributed by atoms with Crippen LogP contribution in [0.5, 0.6) is 0 Å². The van der Waals surface area contributed by atoms with Crippen LogP contribution in [0.1, 0.15) is 20.8 Å². The second-order valence-corrected chi connectivity index (χ2v) is 3.14. The van der Waals surface area contributed by atoms with Crippen molar-refractivity contribution in [3.8, 4) is 0 Å². The van der Waals surface area contributed by atoms with Crippen LogP contribution in [0, 0.1) is 5.92 Å². The van der Waals surface area contributed by atoms with Gasteiger partial charge in [-0.3, -0.25) is 0 Å². The maximum atomic E-state index is 9.26. The fourth-order valence-electron chi connectivity index (χ4n) is 0.508. The molecule has 0 radical (unpaired) electrons. The summed E-state index contributed by atoms with van der Waals surface area (Å²) in [6.07, 6.45) is -0.604. The standard InChI is InChI=1S/C8H18O3/c1-6(2)8(10)5-11-7(3)4-9/h6-10H,4-5H2,1-3H3. The van der Waals surface area contributed by atoms with Gasteiger partial charge in [-0.2, -0.15) is 0 Å². The molecule has 2 unspecified atom stereocenters. The van der Waals surface area contributed by atoms with Crippen molar-refractivity contribution in [2.75, 3.05) is 13.2 Å². The van der Waals surface area contributed by atoms with Crippen molar-refractivity contribution in [3.05, 3.63) is 0 Å². The van der Waals surface area contributed by atoms with Crippen LogP contribution >= 0.6 is 0 Å². The second kappa shape index (κ2) is 5.52. The summed E-state index contributed by atoms with van der Waals surface area (Å²) < 4.78 is 5.11. The molecule has 0 saturated carbocycles. The third-order valence-corrected chi connectivity index (χ3v) is 1.58. The van der Waals surface area contributed by atoms with E-state index in [9.17, 15) is 5.11 Å². The molecule has 0 aromatic heterocycles. The van der Waals surface area contributed by atoms with Gasteiger partial charge in [-0.15, -0.1) is 0 Å². The number of rotatable bonds is 5. The summed E-state index contributed by atoms with van der Waals surface area (Å²) in [6.45, 7) is 5.94. The molecule has 3 heteroatoms. The van der Waals surface area contributed by atoms with Gasteiger partial charge in [0.15, 0.2) is 0 Å². The lowest BCUT2D eigenvalue weighted by atomic mass is 10.1. The van der Waals surface area contributed by atoms with Gasteiger partial charge in [0.05, 0.1) is 25.4 Å². The third kappa shape index (κ3) is 5.18. The topological polar surface area (TPSA) is 49.7 Å². The Hall–Kier alpha value is -0.120. The Morgan fingerprint density at radius 3 is 2.18 bits per heavy atom. The number of hydrogen-bond donors (Lipinski definition) is 2. The first-order valence-corrected chi connectivity index (χ1v) is 3.98. The minimum Gasteiger partial charge on any atom is -0.394 e. The maximum absolute atomic E-state index is 9.26. The third-order valence-electron chi connectivity index (χ3n) is 1.58. The second-order valence-electron chi connectivity index (χ2n) is 3.14. The molecule has 0 amide bonds. The van der Waals surface area contributed by atoms with E-state index in [4.69, 9.17) is 9.84 Å². The first kappa shape index (κ1) is 10.9. The van der Waals surface area contributed by atoms with Gasteiger partial charge in [-0.05, 0) is 12.8 Å². The summed E-state index contributed by atoms with van der Waals surface area (Å²) in [4.78, 5) is 0. The van der Waals surface area contributed by atoms with Gasteiger partial charge in [0.1, 0.15) is 0 Å². The molecule has 0 fully saturated rings. The van der Waals surface area contributed by atoms with Crippen molar-refractivity contribution in [3.63, 3.8) is 0 Å². The molecule has 11 heavy (non-hydrogen) atoms. The van der Waals surface area contributed by atoms with Gasteiger partial charge in [0, 0.05) is 0 Å². The van der Waals surface area contributed by atoms with Crippen molar-refractivity contribution >= 4 is 0 Å². The smallest absolute Gasteiger partial charge is 0.0796 e. The molecule has 0 rings (SSSR count). The van der Waals surface area contributed by atoms with Gasteiger partial charge >= 0.3 is 0 Å². The van der Waals surface area contributed by atoms with Gasteiger partial charge in [0.2, 0.25) is 0 Å². The van der Waals surface area contributed by atoms with Gasteiger partial charge in [-0.1, -0.05) is 13.8 Å². The highest BCUT2D eigenvalue weighted by molar-refractivity contribution is 4.59. The quantitative estimate of drug-likeness (QED) is 0.615. The van der Waals surface area contributed by atoms with E-state index in [0.717, 1.165) is 0 Å². The molecule has 0 saturated heterocycles. The average molecular weight is 162 g/mol. The van der Waals surface area contributed by atoms with Gasteiger partial charge < -0.3 is 14.9 Å². The van der Waals surface area contributed by atoms with Crippen molar-refractivity contribution in [1.29, 1.82) is 0 Å². The molecule has 0 aliphatic carbocycles. The van der Waals surface area contributed by atoms with Crippen LogP contribution in [0.4, 0.5) is 0 Å². The zero-order valence-electron chi connectivity index (χ0n) is 7.45. The van der Waals surface area contributed by atoms with Crippen LogP contribution in [-0.4, -0.2) is 35.6 Å². The molecule has 0 heterocycles. The molecule has 0 bridgehead atoms. The highest BCUT2D eigenvalue weighted by Gasteiger charge is 2.10. The van der Waals surface area contributed by atoms with Crippen LogP contribution in [0.2, 0.25) is 0 Å². The van der Waals surface area contributed by atoms with E-state index >= 15 is 0 Å². The van der Waals surface area contributed by atoms with E-state index in [1.165, 1.54) is 0 Å². The summed E-state index contributed by atoms with van der Waals surface area (Å²) >= 11 is 0. The van der Waals surface area contributed by atoms with Gasteiger partial charge in [0.25, 0.3) is 0 Å². The number of hydrogen-bond acceptors (Lipinski definition) is 3. The Bertz CT molecular complexity index is 93.3. The summed E-state index contributed by atoms with van der Waals surface area (Å²) in [7, 11) is 0. The van der Waals surface area contributed by atoms with Crippen molar-refractivity contribution in [2.45, 2.75) is 33.0 Å². The van der Waals surface area contributed by atoms with E-state index in [0.29, 0.717) is 6.61 Å². The van der Waals surface area contributed by atoms with Crippen molar-refractivity contribution in [2.24, 2.45) is 5.92 Å². The lowest BCUT2D eigenvalue weighted by Gasteiger charge is -2.17. The molecular formula is C8H18O3. The van der Waals surface area contributed by atoms with Gasteiger partial charge in [-0.25, -0.2) is 0 Å². The van der Waals surface area contributed by atoms with E-state index < -0.39 is 6.10 Å². The minimum atomic E-state index is -0.427. The maximum Gasteiger partial charge on any atom is 0.0796 e. The zero-order valence-corrected chi connectivity index (χ0v) is 7.45. The van der Waals surface area contributed by atoms with Crippen LogP contribution in [-0.2, 0) is 4.74 Å². The predicted molar refractivity (Wildman–Crippen MR) is 43.3 cm³/mol. The summed E-state index contributed by atoms with van der Waals surface area (Å²) in [5.41, 5.74) is 0. The first-order chi connectivity index (χ1) is 5.07. The number of aliphatic hydroxyl groups is 2. The van der Waals surface area contributed by atoms with E-state index in [1.54, 1.807) is 6.92 Å². The summed E-state index contributed by atoms with van der Waals surface area (Å²) in [5, 5.41) is 17.8. The van der Waals surface area contributed by atoms with E-state index in [1.807, 2.05) is 13.8 Å². The number of ether oxygens (including phenoxy) is 1. The largest absolute Gasteiger partial charge is 0.394 e. The lowest BCUT2D eigenvalue weighted by molar-refractivity contribution is -0.0366. The highest BCUT2D eigenvalue weighted by atomic mass is 16.5. The summed E-state index contributed by atoms with van der Waals surface area (Å²) in [6, 6.07) is 0. The first-order valence-electron chi connectivity index (χ1n) is 3.98. The monoisotopic (exact) mass is 162 g/mol. The molecule has 68 valence electrons. The Balaban J connectivity index is 3.37. The molecular weight excluding hydrogens is 144 g/mol. The molecule has 0 aliphatic rings. The van der Waals surface area contributed by atoms with Crippen LogP contribution in [0.15, 0.2) is 0 Å². The Kier molecular flexibility index (Phi) is 5.46. The molecule has 0 spiro atoms. The SMILES string of the molecule is CC(CO)OCC(O)C(C)C. The highest BCUT2D eigenvalue weighted by Crippen LogP contribution is 2.02. The fraction of sp³-hybridized carbons (Fsp3) is 1.00. The number of aliphatic hydroxyl groups excluding tert-OH is 2. The fourth-order valence-corrected chi connectivity index (χ4v) is 0.508.